The summed E-state index contributed by atoms with van der Waals surface area (Å²) in [4.78, 5) is 27.8. The number of fused-ring (bicyclic) bond motifs is 5. The Bertz CT molecular complexity index is 663. The fourth-order valence-electron chi connectivity index (χ4n) is 8.32. The highest BCUT2D eigenvalue weighted by atomic mass is 16.2. The minimum Gasteiger partial charge on any atom is -0.343 e. The van der Waals surface area contributed by atoms with Gasteiger partial charge in [-0.2, -0.15) is 0 Å². The minimum atomic E-state index is 0.164. The molecule has 4 rings (SSSR count). The molecule has 0 bridgehead atoms. The lowest BCUT2D eigenvalue weighted by molar-refractivity contribution is -0.169. The number of carbonyl (C=O) groups is 2. The number of nitrogens with zero attached hydrogens (tertiary/aromatic N) is 2. The Morgan fingerprint density at radius 3 is 2.38 bits per heavy atom. The maximum Gasteiger partial charge on any atom is 0.236 e. The van der Waals surface area contributed by atoms with Gasteiger partial charge in [-0.15, -0.1) is 0 Å². The average Bonchev–Trinajstić information content (AvgIpc) is 3.06. The average molecular weight is 404 g/mol. The summed E-state index contributed by atoms with van der Waals surface area (Å²) >= 11 is 0. The van der Waals surface area contributed by atoms with Gasteiger partial charge in [0.2, 0.25) is 11.8 Å². The van der Waals surface area contributed by atoms with Gasteiger partial charge in [-0.25, -0.2) is 5.43 Å². The van der Waals surface area contributed by atoms with E-state index in [1.165, 1.54) is 25.7 Å². The number of hydrazine groups is 1. The van der Waals surface area contributed by atoms with Gasteiger partial charge < -0.3 is 4.90 Å². The van der Waals surface area contributed by atoms with Crippen molar-refractivity contribution in [3.05, 3.63) is 0 Å². The van der Waals surface area contributed by atoms with Crippen molar-refractivity contribution in [1.29, 1.82) is 0 Å². The van der Waals surface area contributed by atoms with Gasteiger partial charge in [-0.1, -0.05) is 13.8 Å². The van der Waals surface area contributed by atoms with Crippen LogP contribution in [0.5, 0.6) is 0 Å². The number of carbonyl (C=O) groups excluding carboxylic acids is 2. The van der Waals surface area contributed by atoms with E-state index < -0.39 is 0 Å². The van der Waals surface area contributed by atoms with E-state index in [-0.39, 0.29) is 22.7 Å². The van der Waals surface area contributed by atoms with E-state index in [1.54, 1.807) is 0 Å². The molecule has 29 heavy (non-hydrogen) atoms. The van der Waals surface area contributed by atoms with Crippen molar-refractivity contribution in [3.63, 3.8) is 0 Å². The van der Waals surface area contributed by atoms with E-state index in [9.17, 15) is 9.59 Å². The van der Waals surface area contributed by atoms with Crippen molar-refractivity contribution in [1.82, 2.24) is 15.3 Å². The third-order valence-electron chi connectivity index (χ3n) is 9.89. The minimum absolute atomic E-state index is 0.164. The summed E-state index contributed by atoms with van der Waals surface area (Å²) in [6.07, 6.45) is 8.69. The second-order valence-corrected chi connectivity index (χ2v) is 10.6. The van der Waals surface area contributed by atoms with Gasteiger partial charge in [0.15, 0.2) is 0 Å². The lowest BCUT2D eigenvalue weighted by Crippen LogP contribution is -2.64. The van der Waals surface area contributed by atoms with E-state index in [4.69, 9.17) is 0 Å². The summed E-state index contributed by atoms with van der Waals surface area (Å²) in [5.74, 6) is 2.95. The van der Waals surface area contributed by atoms with Crippen molar-refractivity contribution in [3.8, 4) is 0 Å². The van der Waals surface area contributed by atoms with E-state index in [1.807, 2.05) is 12.1 Å². The summed E-state index contributed by atoms with van der Waals surface area (Å²) in [7, 11) is 1.90. The number of rotatable bonds is 4. The molecule has 6 unspecified atom stereocenters. The Kier molecular flexibility index (Phi) is 5.50. The predicted octanol–water partition coefficient (Wildman–Crippen LogP) is 3.84. The van der Waals surface area contributed by atoms with Crippen LogP contribution in [0.2, 0.25) is 0 Å². The van der Waals surface area contributed by atoms with Gasteiger partial charge in [-0.3, -0.25) is 14.6 Å². The lowest BCUT2D eigenvalue weighted by Gasteiger charge is -2.61. The molecular formula is C24H41N3O2. The highest BCUT2D eigenvalue weighted by Crippen LogP contribution is 2.66. The Hall–Kier alpha value is -1.10. The first-order valence-corrected chi connectivity index (χ1v) is 12.1. The van der Waals surface area contributed by atoms with Crippen molar-refractivity contribution in [2.75, 3.05) is 20.1 Å². The van der Waals surface area contributed by atoms with E-state index in [2.05, 4.69) is 38.0 Å². The molecule has 0 aromatic rings. The van der Waals surface area contributed by atoms with Crippen LogP contribution >= 0.6 is 0 Å². The third kappa shape index (κ3) is 2.97. The number of hydrogen-bond donors (Lipinski definition) is 1. The van der Waals surface area contributed by atoms with Crippen LogP contribution in [0.25, 0.3) is 0 Å². The second-order valence-electron chi connectivity index (χ2n) is 10.6. The summed E-state index contributed by atoms with van der Waals surface area (Å²) in [5, 5.41) is 1.95. The SMILES string of the molecule is CCN(CC)C(=O)[C@H]1CCC2C3CCC4N(NC)C(=O)CCC4(C)C3CCC21C. The van der Waals surface area contributed by atoms with Crippen LogP contribution in [-0.4, -0.2) is 47.9 Å². The lowest BCUT2D eigenvalue weighted by atomic mass is 9.47. The monoisotopic (exact) mass is 403 g/mol. The molecule has 1 heterocycles. The summed E-state index contributed by atoms with van der Waals surface area (Å²) < 4.78 is 0. The van der Waals surface area contributed by atoms with Crippen molar-refractivity contribution in [2.45, 2.75) is 85.1 Å². The van der Waals surface area contributed by atoms with E-state index >= 15 is 0 Å². The quantitative estimate of drug-likeness (QED) is 0.776. The molecular weight excluding hydrogens is 362 g/mol. The molecule has 7 atom stereocenters. The first kappa shape index (κ1) is 21.1. The largest absolute Gasteiger partial charge is 0.343 e. The molecule has 4 fully saturated rings. The smallest absolute Gasteiger partial charge is 0.236 e. The molecule has 164 valence electrons. The van der Waals surface area contributed by atoms with Gasteiger partial charge in [-0.05, 0) is 87.4 Å². The topological polar surface area (TPSA) is 52.7 Å². The molecule has 1 saturated heterocycles. The summed E-state index contributed by atoms with van der Waals surface area (Å²) in [5.41, 5.74) is 3.58. The fraction of sp³-hybridized carbons (Fsp3) is 0.917. The van der Waals surface area contributed by atoms with Crippen LogP contribution in [0.15, 0.2) is 0 Å². The molecule has 1 N–H and O–H groups in total. The van der Waals surface area contributed by atoms with Gasteiger partial charge >= 0.3 is 0 Å². The highest BCUT2D eigenvalue weighted by molar-refractivity contribution is 5.80. The zero-order chi connectivity index (χ0) is 21.0. The van der Waals surface area contributed by atoms with Crippen LogP contribution in [0.4, 0.5) is 0 Å². The van der Waals surface area contributed by atoms with Crippen LogP contribution in [-0.2, 0) is 9.59 Å². The first-order chi connectivity index (χ1) is 13.8. The standard InChI is InChI=1S/C24H41N3O2/c1-6-26(7-2)22(29)19-10-9-17-16-8-11-20-24(4,15-13-21(28)27(20)25-5)18(16)12-14-23(17,19)3/h16-20,25H,6-15H2,1-5H3/t16?,17?,18?,19-,20?,23?,24?/m1/s1. The first-order valence-electron chi connectivity index (χ1n) is 12.1. The normalized spacial score (nSPS) is 44.1. The molecule has 4 aliphatic rings. The van der Waals surface area contributed by atoms with Gasteiger partial charge in [0.25, 0.3) is 0 Å². The molecule has 3 saturated carbocycles. The molecule has 0 aromatic heterocycles. The fourth-order valence-corrected chi connectivity index (χ4v) is 8.32. The zero-order valence-corrected chi connectivity index (χ0v) is 19.2. The van der Waals surface area contributed by atoms with Gasteiger partial charge in [0.05, 0.1) is 6.04 Å². The molecule has 2 amide bonds. The maximum absolute atomic E-state index is 13.3. The van der Waals surface area contributed by atoms with Crippen LogP contribution in [0.3, 0.4) is 0 Å². The third-order valence-corrected chi connectivity index (χ3v) is 9.89. The van der Waals surface area contributed by atoms with Crippen LogP contribution < -0.4 is 5.43 Å². The number of amides is 2. The molecule has 0 spiro atoms. The predicted molar refractivity (Wildman–Crippen MR) is 115 cm³/mol. The van der Waals surface area contributed by atoms with Crippen molar-refractivity contribution < 1.29 is 9.59 Å². The molecule has 0 radical (unpaired) electrons. The molecule has 0 aromatic carbocycles. The van der Waals surface area contributed by atoms with Crippen LogP contribution in [0.1, 0.15) is 79.1 Å². The number of hydrogen-bond acceptors (Lipinski definition) is 3. The molecule has 5 nitrogen and oxygen atoms in total. The number of nitrogens with one attached hydrogen (secondary N) is 1. The summed E-state index contributed by atoms with van der Waals surface area (Å²) in [6.45, 7) is 10.8. The van der Waals surface area contributed by atoms with E-state index in [0.717, 1.165) is 38.3 Å². The number of piperidine rings is 1. The highest BCUT2D eigenvalue weighted by Gasteiger charge is 2.62. The van der Waals surface area contributed by atoms with Gasteiger partial charge in [0, 0.05) is 32.5 Å². The van der Waals surface area contributed by atoms with Crippen LogP contribution in [0, 0.1) is 34.5 Å². The molecule has 3 aliphatic carbocycles. The van der Waals surface area contributed by atoms with Gasteiger partial charge in [0.1, 0.15) is 0 Å². The Morgan fingerprint density at radius 2 is 1.72 bits per heavy atom. The maximum atomic E-state index is 13.3. The van der Waals surface area contributed by atoms with Crippen molar-refractivity contribution >= 4 is 11.8 Å². The molecule has 1 aliphatic heterocycles. The Morgan fingerprint density at radius 1 is 1.03 bits per heavy atom. The second kappa shape index (κ2) is 7.55. The van der Waals surface area contributed by atoms with Crippen molar-refractivity contribution in [2.24, 2.45) is 34.5 Å². The van der Waals surface area contributed by atoms with E-state index in [0.29, 0.717) is 30.2 Å². The summed E-state index contributed by atoms with van der Waals surface area (Å²) in [6, 6.07) is 0.328. The molecule has 5 heteroatoms. The Labute approximate surface area is 176 Å². The zero-order valence-electron chi connectivity index (χ0n) is 19.2. The Balaban J connectivity index is 1.58.